The van der Waals surface area contributed by atoms with E-state index in [2.05, 4.69) is 16.8 Å². The SMILES string of the molecule is CCCC1CCN(c2ncccc2C(N)=S)CC1. The Labute approximate surface area is 114 Å². The highest BCUT2D eigenvalue weighted by atomic mass is 32.1. The summed E-state index contributed by atoms with van der Waals surface area (Å²) in [5.41, 5.74) is 6.67. The van der Waals surface area contributed by atoms with E-state index >= 15 is 0 Å². The van der Waals surface area contributed by atoms with Crippen LogP contribution in [0.2, 0.25) is 0 Å². The molecule has 0 unspecified atom stereocenters. The maximum atomic E-state index is 5.76. The molecular weight excluding hydrogens is 242 g/mol. The highest BCUT2D eigenvalue weighted by Crippen LogP contribution is 2.26. The van der Waals surface area contributed by atoms with Crippen LogP contribution in [0.25, 0.3) is 0 Å². The van der Waals surface area contributed by atoms with Crippen molar-refractivity contribution in [3.8, 4) is 0 Å². The normalized spacial score (nSPS) is 16.8. The largest absolute Gasteiger partial charge is 0.389 e. The summed E-state index contributed by atoms with van der Waals surface area (Å²) < 4.78 is 0. The number of pyridine rings is 1. The van der Waals surface area contributed by atoms with Gasteiger partial charge in [-0.25, -0.2) is 4.98 Å². The minimum Gasteiger partial charge on any atom is -0.389 e. The third kappa shape index (κ3) is 2.99. The monoisotopic (exact) mass is 263 g/mol. The number of hydrogen-bond donors (Lipinski definition) is 1. The van der Waals surface area contributed by atoms with Gasteiger partial charge in [0.25, 0.3) is 0 Å². The molecule has 1 aromatic rings. The van der Waals surface area contributed by atoms with Crippen LogP contribution in [0.1, 0.15) is 38.2 Å². The molecule has 4 heteroatoms. The van der Waals surface area contributed by atoms with E-state index in [0.717, 1.165) is 30.4 Å². The molecule has 1 fully saturated rings. The second-order valence-electron chi connectivity index (χ2n) is 4.96. The molecule has 0 saturated carbocycles. The second-order valence-corrected chi connectivity index (χ2v) is 5.40. The lowest BCUT2D eigenvalue weighted by molar-refractivity contribution is 0.377. The molecule has 0 bridgehead atoms. The number of thiocarbonyl (C=S) groups is 1. The molecule has 0 aromatic carbocycles. The number of hydrogen-bond acceptors (Lipinski definition) is 3. The fraction of sp³-hybridized carbons (Fsp3) is 0.571. The number of nitrogens with two attached hydrogens (primary N) is 1. The summed E-state index contributed by atoms with van der Waals surface area (Å²) in [6.07, 6.45) is 6.95. The second kappa shape index (κ2) is 6.14. The van der Waals surface area contributed by atoms with Gasteiger partial charge in [-0.15, -0.1) is 0 Å². The van der Waals surface area contributed by atoms with E-state index in [1.807, 2.05) is 18.3 Å². The lowest BCUT2D eigenvalue weighted by atomic mass is 9.92. The van der Waals surface area contributed by atoms with Crippen LogP contribution in [0.15, 0.2) is 18.3 Å². The van der Waals surface area contributed by atoms with Crippen LogP contribution in [-0.4, -0.2) is 23.1 Å². The summed E-state index contributed by atoms with van der Waals surface area (Å²) in [7, 11) is 0. The fourth-order valence-corrected chi connectivity index (χ4v) is 2.84. The van der Waals surface area contributed by atoms with Crippen LogP contribution in [0.3, 0.4) is 0 Å². The van der Waals surface area contributed by atoms with E-state index in [0.29, 0.717) is 4.99 Å². The van der Waals surface area contributed by atoms with E-state index in [-0.39, 0.29) is 0 Å². The summed E-state index contributed by atoms with van der Waals surface area (Å²) in [5, 5.41) is 0. The minimum absolute atomic E-state index is 0.439. The van der Waals surface area contributed by atoms with Gasteiger partial charge in [0.2, 0.25) is 0 Å². The van der Waals surface area contributed by atoms with Crippen LogP contribution in [-0.2, 0) is 0 Å². The van der Waals surface area contributed by atoms with Gasteiger partial charge in [-0.3, -0.25) is 0 Å². The van der Waals surface area contributed by atoms with E-state index in [4.69, 9.17) is 18.0 Å². The molecule has 1 aliphatic rings. The number of rotatable bonds is 4. The molecule has 0 radical (unpaired) electrons. The molecule has 0 spiro atoms. The average Bonchev–Trinajstić information content (AvgIpc) is 2.40. The Balaban J connectivity index is 2.07. The molecule has 3 nitrogen and oxygen atoms in total. The molecule has 2 heterocycles. The Hall–Kier alpha value is -1.16. The zero-order chi connectivity index (χ0) is 13.0. The smallest absolute Gasteiger partial charge is 0.138 e. The predicted octanol–water partition coefficient (Wildman–Crippen LogP) is 2.73. The molecular formula is C14H21N3S. The summed E-state index contributed by atoms with van der Waals surface area (Å²) in [5.74, 6) is 1.84. The van der Waals surface area contributed by atoms with Crippen LogP contribution in [0.5, 0.6) is 0 Å². The fourth-order valence-electron chi connectivity index (χ4n) is 2.68. The third-order valence-corrected chi connectivity index (χ3v) is 3.88. The first-order valence-corrected chi connectivity index (χ1v) is 7.13. The van der Waals surface area contributed by atoms with Crippen molar-refractivity contribution in [1.82, 2.24) is 4.98 Å². The Morgan fingerprint density at radius 3 is 2.83 bits per heavy atom. The highest BCUT2D eigenvalue weighted by molar-refractivity contribution is 7.80. The Morgan fingerprint density at radius 1 is 1.50 bits per heavy atom. The lowest BCUT2D eigenvalue weighted by Crippen LogP contribution is -2.35. The van der Waals surface area contributed by atoms with Crippen LogP contribution >= 0.6 is 12.2 Å². The van der Waals surface area contributed by atoms with Crippen molar-refractivity contribution in [2.45, 2.75) is 32.6 Å². The molecule has 2 rings (SSSR count). The van der Waals surface area contributed by atoms with Crippen molar-refractivity contribution in [3.63, 3.8) is 0 Å². The van der Waals surface area contributed by atoms with Crippen LogP contribution in [0.4, 0.5) is 5.82 Å². The highest BCUT2D eigenvalue weighted by Gasteiger charge is 2.21. The first-order valence-electron chi connectivity index (χ1n) is 6.72. The standard InChI is InChI=1S/C14H21N3S/c1-2-4-11-6-9-17(10-7-11)14-12(13(15)18)5-3-8-16-14/h3,5,8,11H,2,4,6-7,9-10H2,1H3,(H2,15,18). The van der Waals surface area contributed by atoms with Gasteiger partial charge in [0, 0.05) is 19.3 Å². The molecule has 2 N–H and O–H groups in total. The van der Waals surface area contributed by atoms with Gasteiger partial charge in [-0.2, -0.15) is 0 Å². The number of piperidine rings is 1. The number of nitrogens with zero attached hydrogens (tertiary/aromatic N) is 2. The summed E-state index contributed by atoms with van der Waals surface area (Å²) >= 11 is 5.09. The van der Waals surface area contributed by atoms with Gasteiger partial charge >= 0.3 is 0 Å². The lowest BCUT2D eigenvalue weighted by Gasteiger charge is -2.33. The van der Waals surface area contributed by atoms with Crippen molar-refractivity contribution < 1.29 is 0 Å². The first-order chi connectivity index (χ1) is 8.72. The van der Waals surface area contributed by atoms with Crippen molar-refractivity contribution in [1.29, 1.82) is 0 Å². The van der Waals surface area contributed by atoms with Gasteiger partial charge < -0.3 is 10.6 Å². The Morgan fingerprint density at radius 2 is 2.22 bits per heavy atom. The van der Waals surface area contributed by atoms with E-state index in [1.165, 1.54) is 25.7 Å². The predicted molar refractivity (Wildman–Crippen MR) is 80.0 cm³/mol. The molecule has 0 atom stereocenters. The Bertz CT molecular complexity index is 411. The van der Waals surface area contributed by atoms with Crippen molar-refractivity contribution in [2.75, 3.05) is 18.0 Å². The van der Waals surface area contributed by atoms with Crippen molar-refractivity contribution >= 4 is 23.0 Å². The average molecular weight is 263 g/mol. The quantitative estimate of drug-likeness (QED) is 0.848. The van der Waals surface area contributed by atoms with Gasteiger partial charge in [-0.05, 0) is 30.9 Å². The molecule has 0 amide bonds. The summed E-state index contributed by atoms with van der Waals surface area (Å²) in [6, 6.07) is 3.85. The number of anilines is 1. The molecule has 18 heavy (non-hydrogen) atoms. The molecule has 1 aliphatic heterocycles. The van der Waals surface area contributed by atoms with Crippen LogP contribution < -0.4 is 10.6 Å². The maximum absolute atomic E-state index is 5.76. The molecule has 1 saturated heterocycles. The maximum Gasteiger partial charge on any atom is 0.138 e. The molecule has 1 aromatic heterocycles. The molecule has 98 valence electrons. The van der Waals surface area contributed by atoms with Crippen molar-refractivity contribution in [3.05, 3.63) is 23.9 Å². The third-order valence-electron chi connectivity index (χ3n) is 3.66. The van der Waals surface area contributed by atoms with Gasteiger partial charge in [0.1, 0.15) is 10.8 Å². The van der Waals surface area contributed by atoms with E-state index in [1.54, 1.807) is 0 Å². The van der Waals surface area contributed by atoms with Crippen LogP contribution in [0, 0.1) is 5.92 Å². The topological polar surface area (TPSA) is 42.2 Å². The zero-order valence-corrected chi connectivity index (χ0v) is 11.7. The van der Waals surface area contributed by atoms with Gasteiger partial charge in [0.15, 0.2) is 0 Å². The zero-order valence-electron chi connectivity index (χ0n) is 10.9. The summed E-state index contributed by atoms with van der Waals surface area (Å²) in [6.45, 7) is 4.39. The first kappa shape index (κ1) is 13.3. The molecule has 0 aliphatic carbocycles. The van der Waals surface area contributed by atoms with Gasteiger partial charge in [-0.1, -0.05) is 32.0 Å². The summed E-state index contributed by atoms with van der Waals surface area (Å²) in [4.78, 5) is 7.21. The van der Waals surface area contributed by atoms with E-state index < -0.39 is 0 Å². The number of aromatic nitrogens is 1. The van der Waals surface area contributed by atoms with Gasteiger partial charge in [0.05, 0.1) is 5.56 Å². The Kier molecular flexibility index (Phi) is 4.53. The van der Waals surface area contributed by atoms with E-state index in [9.17, 15) is 0 Å². The minimum atomic E-state index is 0.439. The van der Waals surface area contributed by atoms with Crippen molar-refractivity contribution in [2.24, 2.45) is 11.7 Å².